The van der Waals surface area contributed by atoms with Crippen molar-refractivity contribution in [3.8, 4) is 0 Å². The van der Waals surface area contributed by atoms with Crippen LogP contribution >= 0.6 is 0 Å². The molecule has 0 bridgehead atoms. The Kier molecular flexibility index (Phi) is 3.57. The third kappa shape index (κ3) is 3.12. The van der Waals surface area contributed by atoms with E-state index in [4.69, 9.17) is 10.5 Å². The average molecular weight is 261 g/mol. The monoisotopic (exact) mass is 261 g/mol. The van der Waals surface area contributed by atoms with Gasteiger partial charge in [-0.15, -0.1) is 0 Å². The van der Waals surface area contributed by atoms with Gasteiger partial charge in [-0.3, -0.25) is 4.68 Å². The first-order chi connectivity index (χ1) is 8.90. The second-order valence-corrected chi connectivity index (χ2v) is 5.43. The first kappa shape index (κ1) is 13.5. The standard InChI is InChI=1S/C14H19N3O2/c1-14(2,3)19-13(18)10-4-5-12-11(8-10)9-16-17(12)7-6-15/h4-5,8-9H,6-7,15H2,1-3H3. The quantitative estimate of drug-likeness (QED) is 0.857. The topological polar surface area (TPSA) is 70.1 Å². The number of hydrogen-bond acceptors (Lipinski definition) is 4. The lowest BCUT2D eigenvalue weighted by Gasteiger charge is -2.19. The number of carbonyl (C=O) groups excluding carboxylic acids is 1. The number of fused-ring (bicyclic) bond motifs is 1. The van der Waals surface area contributed by atoms with E-state index in [0.29, 0.717) is 18.7 Å². The van der Waals surface area contributed by atoms with E-state index in [-0.39, 0.29) is 5.97 Å². The fraction of sp³-hybridized carbons (Fsp3) is 0.429. The van der Waals surface area contributed by atoms with Crippen molar-refractivity contribution in [3.63, 3.8) is 0 Å². The van der Waals surface area contributed by atoms with Crippen molar-refractivity contribution >= 4 is 16.9 Å². The van der Waals surface area contributed by atoms with E-state index in [2.05, 4.69) is 5.10 Å². The number of esters is 1. The van der Waals surface area contributed by atoms with Crippen LogP contribution in [0.2, 0.25) is 0 Å². The summed E-state index contributed by atoms with van der Waals surface area (Å²) in [6.45, 7) is 6.74. The Hall–Kier alpha value is -1.88. The third-order valence-electron chi connectivity index (χ3n) is 2.62. The molecule has 0 radical (unpaired) electrons. The molecule has 0 aliphatic rings. The van der Waals surface area contributed by atoms with Gasteiger partial charge < -0.3 is 10.5 Å². The summed E-state index contributed by atoms with van der Waals surface area (Å²) in [5, 5.41) is 5.16. The molecule has 0 fully saturated rings. The maximum absolute atomic E-state index is 12.0. The van der Waals surface area contributed by atoms with Crippen LogP contribution in [0.5, 0.6) is 0 Å². The van der Waals surface area contributed by atoms with E-state index in [1.165, 1.54) is 0 Å². The Balaban J connectivity index is 2.30. The highest BCUT2D eigenvalue weighted by Gasteiger charge is 2.18. The molecule has 1 aromatic heterocycles. The van der Waals surface area contributed by atoms with E-state index < -0.39 is 5.60 Å². The summed E-state index contributed by atoms with van der Waals surface area (Å²) in [5.74, 6) is -0.319. The van der Waals surface area contributed by atoms with Gasteiger partial charge in [0.05, 0.1) is 23.8 Å². The molecule has 2 aromatic rings. The summed E-state index contributed by atoms with van der Waals surface area (Å²) >= 11 is 0. The molecule has 5 heteroatoms. The highest BCUT2D eigenvalue weighted by atomic mass is 16.6. The minimum Gasteiger partial charge on any atom is -0.456 e. The molecule has 0 unspecified atom stereocenters. The van der Waals surface area contributed by atoms with Crippen LogP contribution < -0.4 is 5.73 Å². The average Bonchev–Trinajstić information content (AvgIpc) is 2.70. The molecule has 1 heterocycles. The fourth-order valence-corrected chi connectivity index (χ4v) is 1.85. The summed E-state index contributed by atoms with van der Waals surface area (Å²) in [6.07, 6.45) is 1.73. The van der Waals surface area contributed by atoms with E-state index in [1.807, 2.05) is 31.5 Å². The number of nitrogens with two attached hydrogens (primary N) is 1. The van der Waals surface area contributed by atoms with Crippen LogP contribution in [0.3, 0.4) is 0 Å². The molecule has 102 valence electrons. The Morgan fingerprint density at radius 2 is 2.16 bits per heavy atom. The van der Waals surface area contributed by atoms with Crippen LogP contribution in [-0.4, -0.2) is 27.9 Å². The zero-order valence-corrected chi connectivity index (χ0v) is 11.5. The lowest BCUT2D eigenvalue weighted by molar-refractivity contribution is 0.00697. The highest BCUT2D eigenvalue weighted by molar-refractivity contribution is 5.94. The van der Waals surface area contributed by atoms with Gasteiger partial charge in [-0.25, -0.2) is 4.79 Å². The van der Waals surface area contributed by atoms with Crippen molar-refractivity contribution in [1.29, 1.82) is 0 Å². The second-order valence-electron chi connectivity index (χ2n) is 5.43. The zero-order valence-electron chi connectivity index (χ0n) is 11.5. The summed E-state index contributed by atoms with van der Waals surface area (Å²) in [6, 6.07) is 5.42. The third-order valence-corrected chi connectivity index (χ3v) is 2.62. The van der Waals surface area contributed by atoms with Gasteiger partial charge in [0.15, 0.2) is 0 Å². The van der Waals surface area contributed by atoms with Gasteiger partial charge in [0.1, 0.15) is 5.60 Å². The normalized spacial score (nSPS) is 11.8. The molecule has 1 aromatic carbocycles. The van der Waals surface area contributed by atoms with E-state index in [9.17, 15) is 4.79 Å². The van der Waals surface area contributed by atoms with Gasteiger partial charge in [-0.2, -0.15) is 5.10 Å². The van der Waals surface area contributed by atoms with Gasteiger partial charge in [0, 0.05) is 11.9 Å². The fourth-order valence-electron chi connectivity index (χ4n) is 1.85. The van der Waals surface area contributed by atoms with Crippen LogP contribution in [-0.2, 0) is 11.3 Å². The first-order valence-electron chi connectivity index (χ1n) is 6.30. The molecule has 0 aliphatic carbocycles. The minimum atomic E-state index is -0.490. The Bertz CT molecular complexity index is 596. The summed E-state index contributed by atoms with van der Waals surface area (Å²) < 4.78 is 7.17. The number of aromatic nitrogens is 2. The van der Waals surface area contributed by atoms with Crippen molar-refractivity contribution in [2.75, 3.05) is 6.54 Å². The minimum absolute atomic E-state index is 0.319. The van der Waals surface area contributed by atoms with E-state index in [1.54, 1.807) is 18.3 Å². The van der Waals surface area contributed by atoms with Gasteiger partial charge in [0.25, 0.3) is 0 Å². The van der Waals surface area contributed by atoms with Crippen molar-refractivity contribution in [2.45, 2.75) is 32.9 Å². The number of carbonyl (C=O) groups is 1. The predicted octanol–water partition coefficient (Wildman–Crippen LogP) is 1.95. The number of ether oxygens (including phenoxy) is 1. The van der Waals surface area contributed by atoms with Crippen molar-refractivity contribution in [2.24, 2.45) is 5.73 Å². The number of nitrogens with zero attached hydrogens (tertiary/aromatic N) is 2. The Morgan fingerprint density at radius 1 is 1.42 bits per heavy atom. The van der Waals surface area contributed by atoms with Crippen molar-refractivity contribution < 1.29 is 9.53 Å². The molecule has 5 nitrogen and oxygen atoms in total. The summed E-state index contributed by atoms with van der Waals surface area (Å²) in [5.41, 5.74) is 6.54. The van der Waals surface area contributed by atoms with Crippen LogP contribution in [0, 0.1) is 0 Å². The number of rotatable bonds is 3. The Labute approximate surface area is 112 Å². The molecule has 0 amide bonds. The number of benzene rings is 1. The van der Waals surface area contributed by atoms with Crippen LogP contribution in [0.1, 0.15) is 31.1 Å². The van der Waals surface area contributed by atoms with Gasteiger partial charge in [-0.05, 0) is 39.0 Å². The zero-order chi connectivity index (χ0) is 14.0. The second kappa shape index (κ2) is 5.01. The largest absolute Gasteiger partial charge is 0.456 e. The molecule has 19 heavy (non-hydrogen) atoms. The van der Waals surface area contributed by atoms with Crippen molar-refractivity contribution in [1.82, 2.24) is 9.78 Å². The van der Waals surface area contributed by atoms with Crippen LogP contribution in [0.25, 0.3) is 10.9 Å². The highest BCUT2D eigenvalue weighted by Crippen LogP contribution is 2.18. The maximum atomic E-state index is 12.0. The van der Waals surface area contributed by atoms with Gasteiger partial charge in [-0.1, -0.05) is 0 Å². The molecule has 0 saturated carbocycles. The van der Waals surface area contributed by atoms with Crippen LogP contribution in [0.4, 0.5) is 0 Å². The first-order valence-corrected chi connectivity index (χ1v) is 6.30. The van der Waals surface area contributed by atoms with E-state index in [0.717, 1.165) is 10.9 Å². The molecule has 0 saturated heterocycles. The van der Waals surface area contributed by atoms with Gasteiger partial charge >= 0.3 is 5.97 Å². The van der Waals surface area contributed by atoms with E-state index >= 15 is 0 Å². The Morgan fingerprint density at radius 3 is 2.79 bits per heavy atom. The smallest absolute Gasteiger partial charge is 0.338 e. The molecule has 0 spiro atoms. The predicted molar refractivity (Wildman–Crippen MR) is 74.0 cm³/mol. The molecular weight excluding hydrogens is 242 g/mol. The van der Waals surface area contributed by atoms with Crippen LogP contribution in [0.15, 0.2) is 24.4 Å². The molecule has 0 atom stereocenters. The molecule has 2 rings (SSSR count). The number of hydrogen-bond donors (Lipinski definition) is 1. The SMILES string of the molecule is CC(C)(C)OC(=O)c1ccc2c(cnn2CCN)c1. The van der Waals surface area contributed by atoms with Gasteiger partial charge in [0.2, 0.25) is 0 Å². The lowest BCUT2D eigenvalue weighted by Crippen LogP contribution is -2.23. The summed E-state index contributed by atoms with van der Waals surface area (Å²) in [7, 11) is 0. The molecule has 2 N–H and O–H groups in total. The maximum Gasteiger partial charge on any atom is 0.338 e. The lowest BCUT2D eigenvalue weighted by atomic mass is 10.1. The molecular formula is C14H19N3O2. The molecule has 0 aliphatic heterocycles. The van der Waals surface area contributed by atoms with Crippen molar-refractivity contribution in [3.05, 3.63) is 30.0 Å². The summed E-state index contributed by atoms with van der Waals surface area (Å²) in [4.78, 5) is 12.0.